The highest BCUT2D eigenvalue weighted by Crippen LogP contribution is 2.39. The van der Waals surface area contributed by atoms with Crippen molar-refractivity contribution in [1.29, 1.82) is 0 Å². The second-order valence-electron chi connectivity index (χ2n) is 7.01. The van der Waals surface area contributed by atoms with Gasteiger partial charge in [0.15, 0.2) is 17.1 Å². The van der Waals surface area contributed by atoms with Crippen molar-refractivity contribution in [2.24, 2.45) is 4.99 Å². The van der Waals surface area contributed by atoms with Crippen LogP contribution in [0.3, 0.4) is 0 Å². The van der Waals surface area contributed by atoms with Gasteiger partial charge in [-0.1, -0.05) is 0 Å². The van der Waals surface area contributed by atoms with Crippen molar-refractivity contribution in [3.8, 4) is 23.0 Å². The van der Waals surface area contributed by atoms with Crippen LogP contribution in [-0.2, 0) is 0 Å². The van der Waals surface area contributed by atoms with Crippen LogP contribution < -0.4 is 9.64 Å². The highest BCUT2D eigenvalue weighted by Gasteiger charge is 2.14. The van der Waals surface area contributed by atoms with Crippen LogP contribution in [0.15, 0.2) is 66.9 Å². The summed E-state index contributed by atoms with van der Waals surface area (Å²) in [5, 5.41) is 10.4. The number of phenolic OH excluding ortho intramolecular Hbond substituents is 1. The molecular weight excluding hydrogens is 526 g/mol. The Balaban J connectivity index is 1.66. The molecule has 8 heteroatoms. The summed E-state index contributed by atoms with van der Waals surface area (Å²) < 4.78 is 12.5. The van der Waals surface area contributed by atoms with Gasteiger partial charge in [0, 0.05) is 40.5 Å². The Labute approximate surface area is 196 Å². The van der Waals surface area contributed by atoms with Gasteiger partial charge in [-0.2, -0.15) is 0 Å². The number of hydrogen-bond acceptors (Lipinski definition) is 6. The van der Waals surface area contributed by atoms with Crippen LogP contribution in [0.25, 0.3) is 22.6 Å². The van der Waals surface area contributed by atoms with Crippen molar-refractivity contribution < 1.29 is 14.3 Å². The minimum absolute atomic E-state index is 0.00676. The summed E-state index contributed by atoms with van der Waals surface area (Å²) in [5.74, 6) is 0.916. The maximum absolute atomic E-state index is 10.4. The molecule has 0 aliphatic rings. The van der Waals surface area contributed by atoms with E-state index in [1.54, 1.807) is 12.3 Å². The maximum Gasteiger partial charge on any atom is 0.227 e. The lowest BCUT2D eigenvalue weighted by molar-refractivity contribution is 0.372. The molecule has 0 atom stereocenters. The first kappa shape index (κ1) is 21.4. The number of aromatic hydroxyl groups is 1. The fourth-order valence-electron chi connectivity index (χ4n) is 3.05. The number of halogens is 2. The standard InChI is InChI=1S/C23H19Br2N3O3/c1-28(2)15-7-4-13(5-8-15)23-27-18-10-14(6-9-19(18)31-23)26-12-16-21(25)17(24)11-20(30-3)22(16)29/h4-12,29H,1-3H3. The molecule has 0 aliphatic carbocycles. The van der Waals surface area contributed by atoms with E-state index in [2.05, 4.69) is 41.8 Å². The molecule has 0 saturated carbocycles. The minimum Gasteiger partial charge on any atom is -0.504 e. The van der Waals surface area contributed by atoms with Gasteiger partial charge >= 0.3 is 0 Å². The number of rotatable bonds is 5. The molecule has 0 radical (unpaired) electrons. The van der Waals surface area contributed by atoms with Gasteiger partial charge in [0.1, 0.15) is 5.52 Å². The van der Waals surface area contributed by atoms with Crippen molar-refractivity contribution in [2.75, 3.05) is 26.1 Å². The normalized spacial score (nSPS) is 11.4. The lowest BCUT2D eigenvalue weighted by atomic mass is 10.2. The highest BCUT2D eigenvalue weighted by molar-refractivity contribution is 9.13. The third-order valence-corrected chi connectivity index (χ3v) is 6.77. The molecular formula is C23H19Br2N3O3. The number of methoxy groups -OCH3 is 1. The zero-order valence-electron chi connectivity index (χ0n) is 17.1. The summed E-state index contributed by atoms with van der Waals surface area (Å²) in [5.41, 5.74) is 4.58. The molecule has 4 aromatic rings. The number of aliphatic imine (C=N–C) groups is 1. The fourth-order valence-corrected chi connectivity index (χ4v) is 3.87. The predicted molar refractivity (Wildman–Crippen MR) is 131 cm³/mol. The van der Waals surface area contributed by atoms with Crippen molar-refractivity contribution in [1.82, 2.24) is 4.98 Å². The summed E-state index contributed by atoms with van der Waals surface area (Å²) in [6.07, 6.45) is 1.58. The van der Waals surface area contributed by atoms with Crippen molar-refractivity contribution in [3.63, 3.8) is 0 Å². The van der Waals surface area contributed by atoms with Crippen LogP contribution in [0, 0.1) is 0 Å². The van der Waals surface area contributed by atoms with Gasteiger partial charge in [-0.25, -0.2) is 4.98 Å². The Morgan fingerprint density at radius 3 is 2.52 bits per heavy atom. The molecule has 0 aliphatic heterocycles. The number of hydrogen-bond donors (Lipinski definition) is 1. The molecule has 0 bridgehead atoms. The minimum atomic E-state index is 0.00676. The number of phenols is 1. The van der Waals surface area contributed by atoms with Crippen LogP contribution in [0.1, 0.15) is 5.56 Å². The topological polar surface area (TPSA) is 71.1 Å². The number of nitrogens with zero attached hydrogens (tertiary/aromatic N) is 3. The molecule has 1 heterocycles. The Bertz CT molecular complexity index is 1280. The molecule has 0 amide bonds. The fraction of sp³-hybridized carbons (Fsp3) is 0.130. The third kappa shape index (κ3) is 4.31. The quantitative estimate of drug-likeness (QED) is 0.288. The number of ether oxygens (including phenoxy) is 1. The van der Waals surface area contributed by atoms with E-state index in [0.717, 1.165) is 15.7 Å². The molecule has 0 saturated heterocycles. The molecule has 0 spiro atoms. The molecule has 0 unspecified atom stereocenters. The Hall–Kier alpha value is -2.84. The average molecular weight is 545 g/mol. The van der Waals surface area contributed by atoms with E-state index in [4.69, 9.17) is 9.15 Å². The smallest absolute Gasteiger partial charge is 0.227 e. The second-order valence-corrected chi connectivity index (χ2v) is 8.65. The lowest BCUT2D eigenvalue weighted by Crippen LogP contribution is -2.07. The zero-order valence-corrected chi connectivity index (χ0v) is 20.2. The van der Waals surface area contributed by atoms with E-state index in [1.807, 2.05) is 61.5 Å². The second kappa shape index (κ2) is 8.72. The average Bonchev–Trinajstić information content (AvgIpc) is 3.19. The Kier molecular flexibility index (Phi) is 6.02. The highest BCUT2D eigenvalue weighted by atomic mass is 79.9. The van der Waals surface area contributed by atoms with Gasteiger partial charge in [0.05, 0.1) is 18.4 Å². The molecule has 158 valence electrons. The van der Waals surface area contributed by atoms with E-state index in [-0.39, 0.29) is 5.75 Å². The SMILES string of the molecule is COc1cc(Br)c(Br)c(C=Nc2ccc3oc(-c4ccc(N(C)C)cc4)nc3c2)c1O. The number of aromatic nitrogens is 1. The van der Waals surface area contributed by atoms with Crippen LogP contribution >= 0.6 is 31.9 Å². The number of oxazole rings is 1. The first-order valence-electron chi connectivity index (χ1n) is 9.34. The van der Waals surface area contributed by atoms with Gasteiger partial charge in [-0.3, -0.25) is 4.99 Å². The van der Waals surface area contributed by atoms with Crippen LogP contribution in [0.4, 0.5) is 11.4 Å². The van der Waals surface area contributed by atoms with Crippen molar-refractivity contribution in [2.45, 2.75) is 0 Å². The van der Waals surface area contributed by atoms with E-state index in [0.29, 0.717) is 38.5 Å². The molecule has 1 aromatic heterocycles. The predicted octanol–water partition coefficient (Wildman–Crippen LogP) is 6.55. The van der Waals surface area contributed by atoms with Crippen LogP contribution in [0.5, 0.6) is 11.5 Å². The summed E-state index contributed by atoms with van der Waals surface area (Å²) in [6.45, 7) is 0. The summed E-state index contributed by atoms with van der Waals surface area (Å²) in [4.78, 5) is 11.1. The zero-order chi connectivity index (χ0) is 22.1. The molecule has 1 N–H and O–H groups in total. The number of benzene rings is 3. The van der Waals surface area contributed by atoms with Gasteiger partial charge in [0.2, 0.25) is 5.89 Å². The molecule has 0 fully saturated rings. The van der Waals surface area contributed by atoms with Gasteiger partial charge in [-0.05, 0) is 80.4 Å². The van der Waals surface area contributed by atoms with Crippen LogP contribution in [0.2, 0.25) is 0 Å². The van der Waals surface area contributed by atoms with E-state index in [1.165, 1.54) is 7.11 Å². The molecule has 4 rings (SSSR count). The first-order valence-corrected chi connectivity index (χ1v) is 10.9. The Morgan fingerprint density at radius 1 is 1.10 bits per heavy atom. The molecule has 31 heavy (non-hydrogen) atoms. The van der Waals surface area contributed by atoms with Crippen molar-refractivity contribution >= 4 is 60.5 Å². The summed E-state index contributed by atoms with van der Waals surface area (Å²) in [6, 6.07) is 15.2. The van der Waals surface area contributed by atoms with Gasteiger partial charge < -0.3 is 19.2 Å². The summed E-state index contributed by atoms with van der Waals surface area (Å²) >= 11 is 6.91. The van der Waals surface area contributed by atoms with E-state index >= 15 is 0 Å². The molecule has 3 aromatic carbocycles. The lowest BCUT2D eigenvalue weighted by Gasteiger charge is -2.11. The monoisotopic (exact) mass is 543 g/mol. The number of anilines is 1. The Morgan fingerprint density at radius 2 is 1.84 bits per heavy atom. The van der Waals surface area contributed by atoms with Crippen molar-refractivity contribution in [3.05, 3.63) is 63.0 Å². The van der Waals surface area contributed by atoms with Gasteiger partial charge in [0.25, 0.3) is 0 Å². The largest absolute Gasteiger partial charge is 0.504 e. The third-order valence-electron chi connectivity index (χ3n) is 4.76. The maximum atomic E-state index is 10.4. The van der Waals surface area contributed by atoms with Gasteiger partial charge in [-0.15, -0.1) is 0 Å². The summed E-state index contributed by atoms with van der Waals surface area (Å²) in [7, 11) is 5.50. The van der Waals surface area contributed by atoms with Crippen LogP contribution in [-0.4, -0.2) is 37.5 Å². The van der Waals surface area contributed by atoms with E-state index < -0.39 is 0 Å². The first-order chi connectivity index (χ1) is 14.9. The van der Waals surface area contributed by atoms with E-state index in [9.17, 15) is 5.11 Å². The number of fused-ring (bicyclic) bond motifs is 1. The molecule has 6 nitrogen and oxygen atoms in total.